The van der Waals surface area contributed by atoms with Crippen molar-refractivity contribution in [3.8, 4) is 0 Å². The zero-order chi connectivity index (χ0) is 18.7. The van der Waals surface area contributed by atoms with E-state index in [4.69, 9.17) is 0 Å². The van der Waals surface area contributed by atoms with Crippen LogP contribution in [0.1, 0.15) is 58.8 Å². The van der Waals surface area contributed by atoms with E-state index >= 15 is 0 Å². The summed E-state index contributed by atoms with van der Waals surface area (Å²) in [4.78, 5) is 12.3. The van der Waals surface area contributed by atoms with E-state index < -0.39 is 11.4 Å². The van der Waals surface area contributed by atoms with E-state index in [0.717, 1.165) is 38.5 Å². The number of carbonyl (C=O) groups is 1. The Hall–Kier alpha value is -1.13. The molecule has 0 amide bonds. The van der Waals surface area contributed by atoms with Crippen LogP contribution in [0.4, 0.5) is 0 Å². The summed E-state index contributed by atoms with van der Waals surface area (Å²) in [5, 5.41) is 29.7. The number of hydrogen-bond acceptors (Lipinski definition) is 3. The smallest absolute Gasteiger partial charge is 0.314 e. The summed E-state index contributed by atoms with van der Waals surface area (Å²) in [6.07, 6.45) is 12.2. The minimum Gasteiger partial charge on any atom is -0.481 e. The van der Waals surface area contributed by atoms with Crippen LogP contribution < -0.4 is 0 Å². The van der Waals surface area contributed by atoms with Crippen molar-refractivity contribution < 1.29 is 20.1 Å². The highest BCUT2D eigenvalue weighted by atomic mass is 16.4. The van der Waals surface area contributed by atoms with E-state index in [9.17, 15) is 20.1 Å². The van der Waals surface area contributed by atoms with Gasteiger partial charge in [0.1, 0.15) is 0 Å². The van der Waals surface area contributed by atoms with Gasteiger partial charge in [0.25, 0.3) is 0 Å². The summed E-state index contributed by atoms with van der Waals surface area (Å²) in [6.45, 7) is 4.43. The Morgan fingerprint density at radius 1 is 1.27 bits per heavy atom. The first-order valence-electron chi connectivity index (χ1n) is 10.2. The van der Waals surface area contributed by atoms with Gasteiger partial charge in [-0.3, -0.25) is 4.79 Å². The molecule has 0 saturated heterocycles. The predicted octanol–water partition coefficient (Wildman–Crippen LogP) is 3.54. The molecule has 144 valence electrons. The molecular weight excluding hydrogens is 328 g/mol. The highest BCUT2D eigenvalue weighted by Gasteiger charge is 2.64. The maximum atomic E-state index is 12.3. The van der Waals surface area contributed by atoms with Crippen LogP contribution in [-0.4, -0.2) is 34.0 Å². The number of hydrogen-bond donors (Lipinski definition) is 3. The minimum atomic E-state index is -0.939. The molecule has 0 aromatic carbocycles. The van der Waals surface area contributed by atoms with Crippen molar-refractivity contribution in [3.05, 3.63) is 23.8 Å². The maximum absolute atomic E-state index is 12.3. The Balaban J connectivity index is 1.70. The zero-order valence-corrected chi connectivity index (χ0v) is 15.9. The van der Waals surface area contributed by atoms with Gasteiger partial charge in [0.05, 0.1) is 11.5 Å². The first-order valence-corrected chi connectivity index (χ1v) is 10.2. The van der Waals surface area contributed by atoms with Gasteiger partial charge < -0.3 is 15.3 Å². The molecule has 7 atom stereocenters. The second-order valence-electron chi connectivity index (χ2n) is 9.64. The first kappa shape index (κ1) is 18.2. The van der Waals surface area contributed by atoms with E-state index in [1.165, 1.54) is 5.57 Å². The molecule has 0 aromatic heterocycles. The molecule has 4 nitrogen and oxygen atoms in total. The van der Waals surface area contributed by atoms with Crippen molar-refractivity contribution >= 4 is 5.97 Å². The van der Waals surface area contributed by atoms with Crippen LogP contribution in [0.15, 0.2) is 23.8 Å². The van der Waals surface area contributed by atoms with Gasteiger partial charge in [0.15, 0.2) is 0 Å². The normalized spacial score (nSPS) is 49.8. The average Bonchev–Trinajstić information content (AvgIpc) is 2.90. The van der Waals surface area contributed by atoms with Crippen LogP contribution in [-0.2, 0) is 4.79 Å². The quantitative estimate of drug-likeness (QED) is 0.673. The lowest BCUT2D eigenvalue weighted by atomic mass is 9.45. The van der Waals surface area contributed by atoms with Gasteiger partial charge in [-0.15, -0.1) is 0 Å². The summed E-state index contributed by atoms with van der Waals surface area (Å²) < 4.78 is 0. The molecular formula is C22H32O4. The lowest BCUT2D eigenvalue weighted by Gasteiger charge is -2.59. The molecule has 0 aliphatic heterocycles. The van der Waals surface area contributed by atoms with Crippen molar-refractivity contribution in [1.29, 1.82) is 0 Å². The van der Waals surface area contributed by atoms with Gasteiger partial charge in [-0.1, -0.05) is 37.6 Å². The summed E-state index contributed by atoms with van der Waals surface area (Å²) >= 11 is 0. The molecule has 0 aromatic rings. The van der Waals surface area contributed by atoms with Gasteiger partial charge in [-0.2, -0.15) is 0 Å². The molecule has 2 fully saturated rings. The maximum Gasteiger partial charge on any atom is 0.314 e. The Kier molecular flexibility index (Phi) is 4.16. The van der Waals surface area contributed by atoms with Gasteiger partial charge in [-0.25, -0.2) is 0 Å². The number of aliphatic hydroxyl groups is 2. The zero-order valence-electron chi connectivity index (χ0n) is 15.9. The summed E-state index contributed by atoms with van der Waals surface area (Å²) in [5.74, 6) is 0.501. The number of carboxylic acids is 1. The minimum absolute atomic E-state index is 0.0906. The van der Waals surface area contributed by atoms with Crippen LogP contribution in [0.5, 0.6) is 0 Å². The number of carboxylic acid groups (broad SMARTS) is 1. The Bertz CT molecular complexity index is 667. The lowest BCUT2D eigenvalue weighted by molar-refractivity contribution is -0.161. The van der Waals surface area contributed by atoms with Gasteiger partial charge in [0, 0.05) is 6.61 Å². The third-order valence-corrected chi connectivity index (χ3v) is 8.82. The molecule has 0 unspecified atom stereocenters. The Morgan fingerprint density at radius 2 is 2.04 bits per heavy atom. The van der Waals surface area contributed by atoms with Crippen molar-refractivity contribution in [3.63, 3.8) is 0 Å². The highest BCUT2D eigenvalue weighted by molar-refractivity contribution is 5.79. The highest BCUT2D eigenvalue weighted by Crippen LogP contribution is 2.68. The molecule has 4 aliphatic rings. The second kappa shape index (κ2) is 5.93. The van der Waals surface area contributed by atoms with Gasteiger partial charge in [0.2, 0.25) is 0 Å². The van der Waals surface area contributed by atoms with Crippen molar-refractivity contribution in [1.82, 2.24) is 0 Å². The fraction of sp³-hybridized carbons (Fsp3) is 0.773. The average molecular weight is 360 g/mol. The lowest BCUT2D eigenvalue weighted by Crippen LogP contribution is -2.55. The molecule has 0 radical (unpaired) electrons. The molecule has 26 heavy (non-hydrogen) atoms. The molecule has 4 heteroatoms. The molecule has 4 aliphatic carbocycles. The third-order valence-electron chi connectivity index (χ3n) is 8.82. The van der Waals surface area contributed by atoms with Crippen LogP contribution in [0.2, 0.25) is 0 Å². The fourth-order valence-corrected chi connectivity index (χ4v) is 7.20. The van der Waals surface area contributed by atoms with E-state index in [0.29, 0.717) is 18.3 Å². The van der Waals surface area contributed by atoms with Gasteiger partial charge >= 0.3 is 5.97 Å². The Morgan fingerprint density at radius 3 is 2.73 bits per heavy atom. The van der Waals surface area contributed by atoms with E-state index in [2.05, 4.69) is 26.0 Å². The van der Waals surface area contributed by atoms with Crippen molar-refractivity contribution in [2.24, 2.45) is 34.0 Å². The number of aliphatic carboxylic acids is 1. The van der Waals surface area contributed by atoms with Crippen LogP contribution in [0, 0.1) is 34.0 Å². The van der Waals surface area contributed by atoms with Crippen LogP contribution in [0.25, 0.3) is 0 Å². The SMILES string of the molecule is C[C@]12CC[C@H](O)CC1=CC[C@@H]1[C@@H]2CC[C@@]2(C)[C@H]1C=C[C@]2(CCO)C(=O)O. The third kappa shape index (κ3) is 2.18. The number of rotatable bonds is 3. The van der Waals surface area contributed by atoms with Crippen molar-refractivity contribution in [2.75, 3.05) is 6.61 Å². The molecule has 3 N–H and O–H groups in total. The monoisotopic (exact) mass is 360 g/mol. The Labute approximate surface area is 156 Å². The fourth-order valence-electron chi connectivity index (χ4n) is 7.20. The van der Waals surface area contributed by atoms with E-state index in [1.807, 2.05) is 6.08 Å². The van der Waals surface area contributed by atoms with Crippen LogP contribution in [0.3, 0.4) is 0 Å². The number of allylic oxidation sites excluding steroid dienone is 2. The largest absolute Gasteiger partial charge is 0.481 e. The number of fused-ring (bicyclic) bond motifs is 5. The molecule has 2 saturated carbocycles. The molecule has 4 rings (SSSR count). The second-order valence-corrected chi connectivity index (χ2v) is 9.64. The van der Waals surface area contributed by atoms with Crippen LogP contribution >= 0.6 is 0 Å². The van der Waals surface area contributed by atoms with Crippen molar-refractivity contribution in [2.45, 2.75) is 64.9 Å². The van der Waals surface area contributed by atoms with E-state index in [1.54, 1.807) is 0 Å². The molecule has 0 spiro atoms. The first-order chi connectivity index (χ1) is 12.3. The molecule has 0 bridgehead atoms. The van der Waals surface area contributed by atoms with E-state index in [-0.39, 0.29) is 29.5 Å². The predicted molar refractivity (Wildman–Crippen MR) is 99.4 cm³/mol. The summed E-state index contributed by atoms with van der Waals surface area (Å²) in [5.41, 5.74) is 0.329. The number of aliphatic hydroxyl groups excluding tert-OH is 2. The topological polar surface area (TPSA) is 77.8 Å². The summed E-state index contributed by atoms with van der Waals surface area (Å²) in [7, 11) is 0. The summed E-state index contributed by atoms with van der Waals surface area (Å²) in [6, 6.07) is 0. The standard InChI is InChI=1S/C22H32O4/c1-20-8-5-15(24)13-14(20)3-4-16-17(20)6-9-21(2)18(16)7-10-22(21,11-12-23)19(25)26/h3,7,10,15-18,23-24H,4-6,8-9,11-13H2,1-2H3,(H,25,26)/t15-,16+,17-,18-,20-,21-,22-/m0/s1. The molecule has 0 heterocycles. The van der Waals surface area contributed by atoms with Gasteiger partial charge in [-0.05, 0) is 73.5 Å².